The Hall–Kier alpha value is -4.17. The summed E-state index contributed by atoms with van der Waals surface area (Å²) in [4.78, 5) is 40.9. The lowest BCUT2D eigenvalue weighted by Crippen LogP contribution is -2.60. The lowest BCUT2D eigenvalue weighted by atomic mass is 9.96. The van der Waals surface area contributed by atoms with Crippen LogP contribution in [0.2, 0.25) is 0 Å². The van der Waals surface area contributed by atoms with E-state index in [0.29, 0.717) is 19.5 Å². The van der Waals surface area contributed by atoms with Crippen molar-refractivity contribution in [2.75, 3.05) is 19.7 Å². The molecular weight excluding hydrogens is 518 g/mol. The van der Waals surface area contributed by atoms with Crippen LogP contribution in [-0.2, 0) is 20.9 Å². The summed E-state index contributed by atoms with van der Waals surface area (Å²) in [7, 11) is 0. The first-order valence-electron chi connectivity index (χ1n) is 14.2. The Labute approximate surface area is 240 Å². The molecule has 1 aliphatic carbocycles. The van der Waals surface area contributed by atoms with Crippen molar-refractivity contribution >= 4 is 18.0 Å². The number of carboxylic acid groups (broad SMARTS) is 1. The Morgan fingerprint density at radius 2 is 1.56 bits per heavy atom. The Morgan fingerprint density at radius 1 is 0.951 bits per heavy atom. The first kappa shape index (κ1) is 28.4. The van der Waals surface area contributed by atoms with Crippen molar-refractivity contribution in [1.82, 2.24) is 15.5 Å². The van der Waals surface area contributed by atoms with E-state index in [-0.39, 0.29) is 31.4 Å². The normalized spacial score (nSPS) is 18.9. The summed E-state index contributed by atoms with van der Waals surface area (Å²) in [6.07, 6.45) is -0.0751. The molecule has 8 nitrogen and oxygen atoms in total. The number of carbonyl (C=O) groups excluding carboxylic acids is 2. The number of fused-ring (bicyclic) bond motifs is 3. The highest BCUT2D eigenvalue weighted by Crippen LogP contribution is 2.44. The number of carbonyl (C=O) groups is 3. The molecule has 0 bridgehead atoms. The molecule has 1 unspecified atom stereocenters. The molecule has 1 saturated heterocycles. The van der Waals surface area contributed by atoms with Gasteiger partial charge in [-0.2, -0.15) is 0 Å². The number of amides is 2. The molecular formula is C33H37N3O5. The topological polar surface area (TPSA) is 108 Å². The molecule has 8 heteroatoms. The SMILES string of the molecule is CC(C)C[C@H](NC(=O)OCC1c2ccccc2-c2ccccc21)C(=O)NC1(C(=O)O)CCN(Cc2ccccc2)C1. The van der Waals surface area contributed by atoms with E-state index in [1.165, 1.54) is 0 Å². The minimum Gasteiger partial charge on any atom is -0.479 e. The molecule has 3 aromatic carbocycles. The molecule has 0 aromatic heterocycles. The van der Waals surface area contributed by atoms with E-state index >= 15 is 0 Å². The van der Waals surface area contributed by atoms with Gasteiger partial charge in [0, 0.05) is 25.6 Å². The number of carboxylic acids is 1. The summed E-state index contributed by atoms with van der Waals surface area (Å²) in [5.41, 5.74) is 4.11. The molecule has 0 spiro atoms. The quantitative estimate of drug-likeness (QED) is 0.332. The first-order chi connectivity index (χ1) is 19.8. The summed E-state index contributed by atoms with van der Waals surface area (Å²) < 4.78 is 5.67. The Morgan fingerprint density at radius 3 is 2.17 bits per heavy atom. The summed E-state index contributed by atoms with van der Waals surface area (Å²) in [5, 5.41) is 15.7. The lowest BCUT2D eigenvalue weighted by molar-refractivity contribution is -0.147. The van der Waals surface area contributed by atoms with Gasteiger partial charge in [-0.25, -0.2) is 9.59 Å². The average Bonchev–Trinajstić information content (AvgIpc) is 3.51. The van der Waals surface area contributed by atoms with E-state index in [2.05, 4.69) is 22.8 Å². The van der Waals surface area contributed by atoms with Crippen molar-refractivity contribution in [3.05, 3.63) is 95.6 Å². The molecule has 3 N–H and O–H groups in total. The maximum atomic E-state index is 13.5. The van der Waals surface area contributed by atoms with Crippen LogP contribution in [0, 0.1) is 5.92 Å². The highest BCUT2D eigenvalue weighted by atomic mass is 16.5. The fraction of sp³-hybridized carbons (Fsp3) is 0.364. The molecule has 214 valence electrons. The van der Waals surface area contributed by atoms with Crippen LogP contribution in [0.1, 0.15) is 49.3 Å². The summed E-state index contributed by atoms with van der Waals surface area (Å²) in [6.45, 7) is 5.34. The van der Waals surface area contributed by atoms with Gasteiger partial charge in [0.15, 0.2) is 5.54 Å². The van der Waals surface area contributed by atoms with Gasteiger partial charge in [-0.05, 0) is 46.6 Å². The molecule has 5 rings (SSSR count). The maximum Gasteiger partial charge on any atom is 0.407 e. The molecule has 1 heterocycles. The predicted octanol–water partition coefficient (Wildman–Crippen LogP) is 4.79. The fourth-order valence-corrected chi connectivity index (χ4v) is 6.00. The van der Waals surface area contributed by atoms with Crippen molar-refractivity contribution < 1.29 is 24.2 Å². The third-order valence-electron chi connectivity index (χ3n) is 8.03. The van der Waals surface area contributed by atoms with Crippen LogP contribution < -0.4 is 10.6 Å². The van der Waals surface area contributed by atoms with Gasteiger partial charge < -0.3 is 20.5 Å². The highest BCUT2D eigenvalue weighted by Gasteiger charge is 2.47. The zero-order valence-corrected chi connectivity index (χ0v) is 23.5. The number of likely N-dealkylation sites (tertiary alicyclic amines) is 1. The zero-order chi connectivity index (χ0) is 29.0. The Bertz CT molecular complexity index is 1360. The number of hydrogen-bond acceptors (Lipinski definition) is 5. The number of alkyl carbamates (subject to hydrolysis) is 1. The van der Waals surface area contributed by atoms with Crippen LogP contribution in [0.25, 0.3) is 11.1 Å². The highest BCUT2D eigenvalue weighted by molar-refractivity contribution is 5.91. The number of rotatable bonds is 10. The molecule has 1 aliphatic heterocycles. The van der Waals surface area contributed by atoms with Gasteiger partial charge in [0.2, 0.25) is 5.91 Å². The van der Waals surface area contributed by atoms with E-state index in [1.54, 1.807) is 0 Å². The lowest BCUT2D eigenvalue weighted by Gasteiger charge is -2.29. The van der Waals surface area contributed by atoms with E-state index in [4.69, 9.17) is 4.74 Å². The minimum absolute atomic E-state index is 0.0820. The molecule has 1 fully saturated rings. The largest absolute Gasteiger partial charge is 0.479 e. The van der Waals surface area contributed by atoms with Crippen LogP contribution in [0.5, 0.6) is 0 Å². The van der Waals surface area contributed by atoms with Gasteiger partial charge in [-0.3, -0.25) is 9.69 Å². The van der Waals surface area contributed by atoms with Crippen LogP contribution in [-0.4, -0.2) is 59.3 Å². The van der Waals surface area contributed by atoms with Crippen LogP contribution in [0.3, 0.4) is 0 Å². The van der Waals surface area contributed by atoms with Gasteiger partial charge in [-0.1, -0.05) is 92.7 Å². The zero-order valence-electron chi connectivity index (χ0n) is 23.5. The maximum absolute atomic E-state index is 13.5. The van der Waals surface area contributed by atoms with Crippen molar-refractivity contribution in [3.63, 3.8) is 0 Å². The van der Waals surface area contributed by atoms with Gasteiger partial charge >= 0.3 is 12.1 Å². The minimum atomic E-state index is -1.43. The van der Waals surface area contributed by atoms with E-state index in [1.807, 2.05) is 85.5 Å². The summed E-state index contributed by atoms with van der Waals surface area (Å²) in [5.74, 6) is -1.62. The Kier molecular flexibility index (Phi) is 8.40. The van der Waals surface area contributed by atoms with Gasteiger partial charge in [0.25, 0.3) is 0 Å². The molecule has 0 radical (unpaired) electrons. The molecule has 2 aliphatic rings. The van der Waals surface area contributed by atoms with Crippen LogP contribution in [0.15, 0.2) is 78.9 Å². The summed E-state index contributed by atoms with van der Waals surface area (Å²) >= 11 is 0. The predicted molar refractivity (Wildman–Crippen MR) is 156 cm³/mol. The van der Waals surface area contributed by atoms with Crippen LogP contribution in [0.4, 0.5) is 4.79 Å². The molecule has 3 aromatic rings. The first-order valence-corrected chi connectivity index (χ1v) is 14.2. The second kappa shape index (κ2) is 12.1. The number of nitrogens with one attached hydrogen (secondary N) is 2. The number of benzene rings is 3. The monoisotopic (exact) mass is 555 g/mol. The van der Waals surface area contributed by atoms with Crippen molar-refractivity contribution in [1.29, 1.82) is 0 Å². The van der Waals surface area contributed by atoms with Crippen molar-refractivity contribution in [2.45, 2.75) is 50.7 Å². The third-order valence-corrected chi connectivity index (χ3v) is 8.03. The second-order valence-electron chi connectivity index (χ2n) is 11.5. The fourth-order valence-electron chi connectivity index (χ4n) is 6.00. The van der Waals surface area contributed by atoms with E-state index in [9.17, 15) is 19.5 Å². The average molecular weight is 556 g/mol. The van der Waals surface area contributed by atoms with E-state index < -0.39 is 29.6 Å². The third kappa shape index (κ3) is 6.28. The smallest absolute Gasteiger partial charge is 0.407 e. The number of nitrogens with zero attached hydrogens (tertiary/aromatic N) is 1. The summed E-state index contributed by atoms with van der Waals surface area (Å²) in [6, 6.07) is 25.1. The number of ether oxygens (including phenoxy) is 1. The molecule has 2 atom stereocenters. The van der Waals surface area contributed by atoms with Crippen LogP contribution >= 0.6 is 0 Å². The second-order valence-corrected chi connectivity index (χ2v) is 11.5. The standard InChI is InChI=1S/C33H37N3O5/c1-22(2)18-29(30(37)35-33(31(38)39)16-17-36(21-33)19-23-10-4-3-5-11-23)34-32(40)41-20-28-26-14-8-6-12-24(26)25-13-7-9-15-27(25)28/h3-15,22,28-29H,16-21H2,1-2H3,(H,34,40)(H,35,37)(H,38,39)/t29-,33?/m0/s1. The van der Waals surface area contributed by atoms with Crippen molar-refractivity contribution in [3.8, 4) is 11.1 Å². The van der Waals surface area contributed by atoms with E-state index in [0.717, 1.165) is 27.8 Å². The molecule has 0 saturated carbocycles. The molecule has 2 amide bonds. The Balaban J connectivity index is 1.23. The molecule has 41 heavy (non-hydrogen) atoms. The number of hydrogen-bond donors (Lipinski definition) is 3. The van der Waals surface area contributed by atoms with Gasteiger partial charge in [-0.15, -0.1) is 0 Å². The number of aliphatic carboxylic acids is 1. The van der Waals surface area contributed by atoms with Crippen molar-refractivity contribution in [2.24, 2.45) is 5.92 Å². The van der Waals surface area contributed by atoms with Gasteiger partial charge in [0.05, 0.1) is 0 Å². The van der Waals surface area contributed by atoms with Gasteiger partial charge in [0.1, 0.15) is 12.6 Å².